The van der Waals surface area contributed by atoms with Crippen molar-refractivity contribution in [1.29, 1.82) is 0 Å². The molecule has 5 nitrogen and oxygen atoms in total. The lowest BCUT2D eigenvalue weighted by molar-refractivity contribution is 0.0601. The Hall–Kier alpha value is -2.64. The number of esters is 1. The zero-order valence-electron chi connectivity index (χ0n) is 17.8. The van der Waals surface area contributed by atoms with Gasteiger partial charge in [0.05, 0.1) is 24.8 Å². The van der Waals surface area contributed by atoms with Crippen LogP contribution in [0.2, 0.25) is 0 Å². The Balaban J connectivity index is 1.55. The first kappa shape index (κ1) is 22.6. The Bertz CT molecular complexity index is 1130. The van der Waals surface area contributed by atoms with Gasteiger partial charge in [0.2, 0.25) is 0 Å². The first-order valence-corrected chi connectivity index (χ1v) is 12.2. The topological polar surface area (TPSA) is 64.6 Å². The second kappa shape index (κ2) is 10.3. The van der Waals surface area contributed by atoms with Gasteiger partial charge < -0.3 is 14.8 Å². The van der Waals surface area contributed by atoms with Crippen LogP contribution >= 0.6 is 27.3 Å². The molecule has 1 aliphatic rings. The number of carbonyl (C=O) groups is 2. The molecule has 1 aromatic heterocycles. The highest BCUT2D eigenvalue weighted by Gasteiger charge is 2.27. The number of fused-ring (bicyclic) bond motifs is 1. The van der Waals surface area contributed by atoms with E-state index < -0.39 is 5.97 Å². The average Bonchev–Trinajstić information content (AvgIpc) is 3.18. The van der Waals surface area contributed by atoms with Crippen LogP contribution in [-0.4, -0.2) is 25.6 Å². The summed E-state index contributed by atoms with van der Waals surface area (Å²) < 4.78 is 11.8. The van der Waals surface area contributed by atoms with Crippen molar-refractivity contribution in [2.24, 2.45) is 0 Å². The molecule has 0 aliphatic heterocycles. The zero-order valence-corrected chi connectivity index (χ0v) is 20.2. The highest BCUT2D eigenvalue weighted by atomic mass is 79.9. The van der Waals surface area contributed by atoms with Crippen molar-refractivity contribution in [2.45, 2.75) is 32.1 Å². The molecule has 7 heteroatoms. The van der Waals surface area contributed by atoms with Crippen molar-refractivity contribution in [3.63, 3.8) is 0 Å². The Morgan fingerprint density at radius 3 is 2.66 bits per heavy atom. The van der Waals surface area contributed by atoms with E-state index in [1.54, 1.807) is 12.1 Å². The number of amides is 1. The maximum Gasteiger partial charge on any atom is 0.341 e. The number of anilines is 1. The highest BCUT2D eigenvalue weighted by Crippen LogP contribution is 2.39. The number of hydrogen-bond donors (Lipinski definition) is 1. The quantitative estimate of drug-likeness (QED) is 0.390. The molecule has 0 atom stereocenters. The van der Waals surface area contributed by atoms with Crippen LogP contribution in [0, 0.1) is 0 Å². The Morgan fingerprint density at radius 2 is 1.88 bits per heavy atom. The van der Waals surface area contributed by atoms with Gasteiger partial charge in [-0.05, 0) is 55.0 Å². The van der Waals surface area contributed by atoms with Crippen molar-refractivity contribution < 1.29 is 19.1 Å². The fourth-order valence-corrected chi connectivity index (χ4v) is 5.50. The fourth-order valence-electron chi connectivity index (χ4n) is 3.87. The number of aryl methyl sites for hydroxylation is 1. The molecule has 1 heterocycles. The summed E-state index contributed by atoms with van der Waals surface area (Å²) in [5.74, 6) is -0.222. The number of thiophene rings is 1. The SMILES string of the molecule is COC(=O)c1c(NC(=O)c2cc(Br)ccc2OCCc2ccccc2)sc2c1CCCC2. The summed E-state index contributed by atoms with van der Waals surface area (Å²) in [4.78, 5) is 26.9. The molecule has 1 N–H and O–H groups in total. The van der Waals surface area contributed by atoms with Crippen molar-refractivity contribution in [3.8, 4) is 5.75 Å². The lowest BCUT2D eigenvalue weighted by Crippen LogP contribution is -2.16. The van der Waals surface area contributed by atoms with Crippen LogP contribution < -0.4 is 10.1 Å². The lowest BCUT2D eigenvalue weighted by atomic mass is 9.95. The predicted molar refractivity (Wildman–Crippen MR) is 130 cm³/mol. The molecular formula is C25H24BrNO4S. The van der Waals surface area contributed by atoms with Crippen LogP contribution in [0.5, 0.6) is 5.75 Å². The minimum absolute atomic E-state index is 0.315. The number of ether oxygens (including phenoxy) is 2. The van der Waals surface area contributed by atoms with E-state index in [9.17, 15) is 9.59 Å². The summed E-state index contributed by atoms with van der Waals surface area (Å²) in [5, 5.41) is 3.50. The Morgan fingerprint density at radius 1 is 1.09 bits per heavy atom. The number of carbonyl (C=O) groups excluding carboxylic acids is 2. The third kappa shape index (κ3) is 5.05. The molecule has 4 rings (SSSR count). The van der Waals surface area contributed by atoms with Gasteiger partial charge >= 0.3 is 5.97 Å². The second-order valence-electron chi connectivity index (χ2n) is 7.59. The van der Waals surface area contributed by atoms with Crippen molar-refractivity contribution in [3.05, 3.63) is 80.1 Å². The van der Waals surface area contributed by atoms with Gasteiger partial charge in [0.15, 0.2) is 0 Å². The number of hydrogen-bond acceptors (Lipinski definition) is 5. The smallest absolute Gasteiger partial charge is 0.341 e. The Kier molecular flexibility index (Phi) is 7.27. The number of benzene rings is 2. The third-order valence-corrected chi connectivity index (χ3v) is 7.17. The molecule has 0 radical (unpaired) electrons. The Labute approximate surface area is 199 Å². The molecule has 0 spiro atoms. The minimum atomic E-state index is -0.409. The summed E-state index contributed by atoms with van der Waals surface area (Å²) in [7, 11) is 1.37. The van der Waals surface area contributed by atoms with Gasteiger partial charge in [-0.25, -0.2) is 4.79 Å². The maximum absolute atomic E-state index is 13.2. The summed E-state index contributed by atoms with van der Waals surface area (Å²) >= 11 is 4.91. The van der Waals surface area contributed by atoms with E-state index in [1.165, 1.54) is 24.0 Å². The number of nitrogens with one attached hydrogen (secondary N) is 1. The average molecular weight is 514 g/mol. The fraction of sp³-hybridized carbons (Fsp3) is 0.280. The molecule has 0 saturated heterocycles. The largest absolute Gasteiger partial charge is 0.492 e. The van der Waals surface area contributed by atoms with Crippen LogP contribution in [0.4, 0.5) is 5.00 Å². The second-order valence-corrected chi connectivity index (χ2v) is 9.61. The van der Waals surface area contributed by atoms with E-state index >= 15 is 0 Å². The summed E-state index contributed by atoms with van der Waals surface area (Å²) in [6.07, 6.45) is 4.61. The van der Waals surface area contributed by atoms with Crippen LogP contribution in [0.25, 0.3) is 0 Å². The number of rotatable bonds is 7. The molecule has 1 aliphatic carbocycles. The molecule has 0 unspecified atom stereocenters. The molecule has 2 aromatic carbocycles. The first-order valence-electron chi connectivity index (χ1n) is 10.6. The first-order chi connectivity index (χ1) is 15.6. The van der Waals surface area contributed by atoms with Gasteiger partial charge in [-0.3, -0.25) is 4.79 Å². The van der Waals surface area contributed by atoms with Crippen molar-refractivity contribution >= 4 is 44.1 Å². The lowest BCUT2D eigenvalue weighted by Gasteiger charge is -2.13. The van der Waals surface area contributed by atoms with Crippen LogP contribution in [-0.2, 0) is 24.0 Å². The van der Waals surface area contributed by atoms with E-state index in [0.29, 0.717) is 28.5 Å². The van der Waals surface area contributed by atoms with E-state index in [4.69, 9.17) is 9.47 Å². The van der Waals surface area contributed by atoms with Crippen molar-refractivity contribution in [1.82, 2.24) is 0 Å². The van der Waals surface area contributed by atoms with Crippen LogP contribution in [0.3, 0.4) is 0 Å². The number of halogens is 1. The van der Waals surface area contributed by atoms with Gasteiger partial charge in [-0.2, -0.15) is 0 Å². The third-order valence-electron chi connectivity index (χ3n) is 5.47. The molecule has 0 bridgehead atoms. The molecular weight excluding hydrogens is 490 g/mol. The van der Waals surface area contributed by atoms with Gasteiger partial charge in [-0.1, -0.05) is 46.3 Å². The van der Waals surface area contributed by atoms with Gasteiger partial charge in [-0.15, -0.1) is 11.3 Å². The van der Waals surface area contributed by atoms with E-state index in [-0.39, 0.29) is 5.91 Å². The highest BCUT2D eigenvalue weighted by molar-refractivity contribution is 9.10. The number of methoxy groups -OCH3 is 1. The summed E-state index contributed by atoms with van der Waals surface area (Å²) in [6.45, 7) is 0.451. The van der Waals surface area contributed by atoms with Gasteiger partial charge in [0.25, 0.3) is 5.91 Å². The molecule has 1 amide bonds. The summed E-state index contributed by atoms with van der Waals surface area (Å²) in [5.41, 5.74) is 3.08. The molecule has 3 aromatic rings. The molecule has 0 saturated carbocycles. The summed E-state index contributed by atoms with van der Waals surface area (Å²) in [6, 6.07) is 15.4. The van der Waals surface area contributed by atoms with E-state index in [0.717, 1.165) is 47.0 Å². The molecule has 0 fully saturated rings. The van der Waals surface area contributed by atoms with Crippen LogP contribution in [0.1, 0.15) is 49.6 Å². The van der Waals surface area contributed by atoms with Crippen molar-refractivity contribution in [2.75, 3.05) is 19.0 Å². The zero-order chi connectivity index (χ0) is 22.5. The van der Waals surface area contributed by atoms with Gasteiger partial charge in [0, 0.05) is 15.8 Å². The van der Waals surface area contributed by atoms with Gasteiger partial charge in [0.1, 0.15) is 10.8 Å². The molecule has 166 valence electrons. The van der Waals surface area contributed by atoms with E-state index in [1.807, 2.05) is 36.4 Å². The predicted octanol–water partition coefficient (Wildman–Crippen LogP) is 6.05. The minimum Gasteiger partial charge on any atom is -0.492 e. The monoisotopic (exact) mass is 513 g/mol. The van der Waals surface area contributed by atoms with E-state index in [2.05, 4.69) is 21.2 Å². The standard InChI is InChI=1S/C25H24BrNO4S/c1-30-25(29)22-18-9-5-6-10-21(18)32-24(22)27-23(28)19-15-17(26)11-12-20(19)31-14-13-16-7-3-2-4-8-16/h2-4,7-8,11-12,15H,5-6,9-10,13-14H2,1H3,(H,27,28). The normalized spacial score (nSPS) is 12.7. The van der Waals surface area contributed by atoms with Crippen LogP contribution in [0.15, 0.2) is 53.0 Å². The maximum atomic E-state index is 13.2. The molecule has 32 heavy (non-hydrogen) atoms.